The van der Waals surface area contributed by atoms with Gasteiger partial charge in [0, 0.05) is 23.0 Å². The molecule has 1 aliphatic heterocycles. The number of rotatable bonds is 6. The quantitative estimate of drug-likeness (QED) is 0.402. The van der Waals surface area contributed by atoms with Crippen LogP contribution in [0, 0.1) is 19.8 Å². The van der Waals surface area contributed by atoms with E-state index in [0.29, 0.717) is 18.5 Å². The number of carbonyl (C=O) groups excluding carboxylic acids is 4. The van der Waals surface area contributed by atoms with Crippen LogP contribution in [0.4, 0.5) is 4.79 Å². The maximum atomic E-state index is 13.0. The van der Waals surface area contributed by atoms with E-state index in [1.165, 1.54) is 0 Å². The molecule has 0 bridgehead atoms. The molecule has 1 saturated heterocycles. The van der Waals surface area contributed by atoms with Crippen molar-refractivity contribution in [1.82, 2.24) is 14.4 Å². The number of hydrogen-bond acceptors (Lipinski definition) is 5. The average Bonchev–Trinajstić information content (AvgIpc) is 3.41. The number of amides is 4. The van der Waals surface area contributed by atoms with Crippen LogP contribution in [0.2, 0.25) is 0 Å². The van der Waals surface area contributed by atoms with Gasteiger partial charge in [0.05, 0.1) is 19.4 Å². The molecule has 2 aliphatic rings. The number of furan rings is 1. The zero-order valence-electron chi connectivity index (χ0n) is 18.1. The first-order valence-corrected chi connectivity index (χ1v) is 10.7. The predicted molar refractivity (Wildman–Crippen MR) is 111 cm³/mol. The van der Waals surface area contributed by atoms with Gasteiger partial charge in [-0.15, -0.1) is 0 Å². The van der Waals surface area contributed by atoms with E-state index in [4.69, 9.17) is 4.42 Å². The van der Waals surface area contributed by atoms with Crippen molar-refractivity contribution in [1.29, 1.82) is 0 Å². The molecule has 0 unspecified atom stereocenters. The van der Waals surface area contributed by atoms with Gasteiger partial charge in [-0.3, -0.25) is 19.3 Å². The standard InChI is InChI=1S/C23H27N3O5/c1-14-7-4-5-9-19(14)26-22(29)21(28)25(23(26)30)13-20(27)18-11-15(2)24(16(18)3)12-17-8-6-10-31-17/h6,8,10-11,14,19H,4-5,7,9,12-13H2,1-3H3/t14-,19-/m0/s1. The van der Waals surface area contributed by atoms with Gasteiger partial charge in [0.25, 0.3) is 0 Å². The Morgan fingerprint density at radius 3 is 2.55 bits per heavy atom. The Hall–Kier alpha value is -3.16. The van der Waals surface area contributed by atoms with Crippen LogP contribution in [0.1, 0.15) is 60.1 Å². The Morgan fingerprint density at radius 2 is 1.87 bits per heavy atom. The van der Waals surface area contributed by atoms with Gasteiger partial charge in [-0.05, 0) is 50.8 Å². The van der Waals surface area contributed by atoms with E-state index in [2.05, 4.69) is 0 Å². The number of nitrogens with zero attached hydrogens (tertiary/aromatic N) is 3. The van der Waals surface area contributed by atoms with Crippen molar-refractivity contribution >= 4 is 23.6 Å². The number of Topliss-reactive ketones (excluding diaryl/α,β-unsaturated/α-hetero) is 1. The van der Waals surface area contributed by atoms with Crippen molar-refractivity contribution in [3.63, 3.8) is 0 Å². The summed E-state index contributed by atoms with van der Waals surface area (Å²) in [6.45, 7) is 5.74. The van der Waals surface area contributed by atoms with Crippen LogP contribution in [0.25, 0.3) is 0 Å². The van der Waals surface area contributed by atoms with Gasteiger partial charge < -0.3 is 8.98 Å². The molecular formula is C23H27N3O5. The molecule has 0 radical (unpaired) electrons. The summed E-state index contributed by atoms with van der Waals surface area (Å²) in [6.07, 6.45) is 5.17. The molecule has 1 aliphatic carbocycles. The molecule has 2 atom stereocenters. The van der Waals surface area contributed by atoms with E-state index >= 15 is 0 Å². The fraction of sp³-hybridized carbons (Fsp3) is 0.478. The number of aryl methyl sites for hydroxylation is 1. The Balaban J connectivity index is 1.53. The van der Waals surface area contributed by atoms with E-state index in [-0.39, 0.29) is 17.7 Å². The SMILES string of the molecule is Cc1cc(C(=O)CN2C(=O)C(=O)N([C@H]3CCCC[C@@H]3C)C2=O)c(C)n1Cc1ccco1. The topological polar surface area (TPSA) is 92.8 Å². The lowest BCUT2D eigenvalue weighted by Gasteiger charge is -2.34. The third-order valence-corrected chi connectivity index (χ3v) is 6.55. The molecule has 1 saturated carbocycles. The minimum absolute atomic E-state index is 0.144. The first kappa shape index (κ1) is 21.1. The Bertz CT molecular complexity index is 1040. The van der Waals surface area contributed by atoms with Gasteiger partial charge in [0.15, 0.2) is 5.78 Å². The summed E-state index contributed by atoms with van der Waals surface area (Å²) in [5.74, 6) is -1.20. The number of ketones is 1. The van der Waals surface area contributed by atoms with Gasteiger partial charge in [0.2, 0.25) is 0 Å². The van der Waals surface area contributed by atoms with Gasteiger partial charge in [-0.1, -0.05) is 19.8 Å². The maximum Gasteiger partial charge on any atom is 0.334 e. The van der Waals surface area contributed by atoms with Crippen LogP contribution in [0.5, 0.6) is 0 Å². The molecule has 2 aromatic rings. The second-order valence-corrected chi connectivity index (χ2v) is 8.55. The molecule has 31 heavy (non-hydrogen) atoms. The van der Waals surface area contributed by atoms with Crippen LogP contribution in [0.3, 0.4) is 0 Å². The normalized spacial score (nSPS) is 22.0. The maximum absolute atomic E-state index is 13.0. The molecule has 0 spiro atoms. The Labute approximate surface area is 180 Å². The zero-order valence-corrected chi connectivity index (χ0v) is 18.1. The molecule has 2 aromatic heterocycles. The van der Waals surface area contributed by atoms with E-state index in [0.717, 1.165) is 46.2 Å². The highest BCUT2D eigenvalue weighted by atomic mass is 16.3. The van der Waals surface area contributed by atoms with Crippen LogP contribution in [0.15, 0.2) is 28.9 Å². The number of carbonyl (C=O) groups is 4. The lowest BCUT2D eigenvalue weighted by Crippen LogP contribution is -2.46. The van der Waals surface area contributed by atoms with Gasteiger partial charge in [0.1, 0.15) is 5.76 Å². The van der Waals surface area contributed by atoms with Crippen LogP contribution >= 0.6 is 0 Å². The second kappa shape index (κ2) is 8.17. The zero-order chi connectivity index (χ0) is 22.3. The van der Waals surface area contributed by atoms with Crippen molar-refractivity contribution in [2.75, 3.05) is 6.54 Å². The average molecular weight is 425 g/mol. The first-order valence-electron chi connectivity index (χ1n) is 10.7. The largest absolute Gasteiger partial charge is 0.467 e. The number of imide groups is 2. The van der Waals surface area contributed by atoms with Crippen molar-refractivity contribution in [2.45, 2.75) is 59.0 Å². The van der Waals surface area contributed by atoms with Gasteiger partial charge >= 0.3 is 17.8 Å². The van der Waals surface area contributed by atoms with Gasteiger partial charge in [-0.25, -0.2) is 9.69 Å². The predicted octanol–water partition coefficient (Wildman–Crippen LogP) is 3.30. The highest BCUT2D eigenvalue weighted by Crippen LogP contribution is 2.31. The van der Waals surface area contributed by atoms with E-state index in [9.17, 15) is 19.2 Å². The summed E-state index contributed by atoms with van der Waals surface area (Å²) in [4.78, 5) is 53.0. The summed E-state index contributed by atoms with van der Waals surface area (Å²) in [5, 5.41) is 0. The molecule has 2 fully saturated rings. The van der Waals surface area contributed by atoms with Crippen LogP contribution < -0.4 is 0 Å². The molecular weight excluding hydrogens is 398 g/mol. The first-order chi connectivity index (χ1) is 14.8. The number of aromatic nitrogens is 1. The molecule has 8 nitrogen and oxygen atoms in total. The molecule has 3 heterocycles. The van der Waals surface area contributed by atoms with E-state index in [1.54, 1.807) is 18.4 Å². The molecule has 4 rings (SSSR count). The molecule has 0 aromatic carbocycles. The lowest BCUT2D eigenvalue weighted by molar-refractivity contribution is -0.144. The molecule has 0 N–H and O–H groups in total. The van der Waals surface area contributed by atoms with Crippen LogP contribution in [-0.2, 0) is 16.1 Å². The van der Waals surface area contributed by atoms with Gasteiger partial charge in [-0.2, -0.15) is 0 Å². The molecule has 4 amide bonds. The fourth-order valence-electron chi connectivity index (χ4n) is 4.75. The summed E-state index contributed by atoms with van der Waals surface area (Å²) in [5.41, 5.74) is 2.02. The minimum atomic E-state index is -0.916. The summed E-state index contributed by atoms with van der Waals surface area (Å²) >= 11 is 0. The van der Waals surface area contributed by atoms with Crippen molar-refractivity contribution in [2.24, 2.45) is 5.92 Å². The summed E-state index contributed by atoms with van der Waals surface area (Å²) < 4.78 is 7.34. The van der Waals surface area contributed by atoms with Crippen molar-refractivity contribution < 1.29 is 23.6 Å². The smallest absolute Gasteiger partial charge is 0.334 e. The summed E-state index contributed by atoms with van der Waals surface area (Å²) in [6, 6.07) is 4.45. The van der Waals surface area contributed by atoms with E-state index < -0.39 is 24.4 Å². The monoisotopic (exact) mass is 425 g/mol. The van der Waals surface area contributed by atoms with Crippen molar-refractivity contribution in [3.8, 4) is 0 Å². The molecule has 164 valence electrons. The number of hydrogen-bond donors (Lipinski definition) is 0. The second-order valence-electron chi connectivity index (χ2n) is 8.55. The van der Waals surface area contributed by atoms with Crippen LogP contribution in [-0.4, -0.2) is 50.6 Å². The Morgan fingerprint density at radius 1 is 1.13 bits per heavy atom. The minimum Gasteiger partial charge on any atom is -0.467 e. The highest BCUT2D eigenvalue weighted by molar-refractivity contribution is 6.45. The summed E-state index contributed by atoms with van der Waals surface area (Å²) in [7, 11) is 0. The third-order valence-electron chi connectivity index (χ3n) is 6.55. The third kappa shape index (κ3) is 3.71. The fourth-order valence-corrected chi connectivity index (χ4v) is 4.75. The number of urea groups is 1. The highest BCUT2D eigenvalue weighted by Gasteiger charge is 2.49. The Kier molecular flexibility index (Phi) is 5.56. The van der Waals surface area contributed by atoms with E-state index in [1.807, 2.05) is 31.4 Å². The lowest BCUT2D eigenvalue weighted by atomic mass is 9.85. The molecule has 8 heteroatoms. The van der Waals surface area contributed by atoms with Crippen molar-refractivity contribution in [3.05, 3.63) is 47.2 Å².